The highest BCUT2D eigenvalue weighted by atomic mass is 16.5. The molecule has 0 radical (unpaired) electrons. The smallest absolute Gasteiger partial charge is 0.338 e. The lowest BCUT2D eigenvalue weighted by molar-refractivity contribution is -0.0321. The third-order valence-corrected chi connectivity index (χ3v) is 3.88. The number of nitrogens with two attached hydrogens (primary N) is 1. The second-order valence-corrected chi connectivity index (χ2v) is 5.74. The fourth-order valence-electron chi connectivity index (χ4n) is 2.73. The zero-order valence-electron chi connectivity index (χ0n) is 12.7. The van der Waals surface area contributed by atoms with Gasteiger partial charge in [0, 0.05) is 23.9 Å². The summed E-state index contributed by atoms with van der Waals surface area (Å²) < 4.78 is 5.67. The van der Waals surface area contributed by atoms with Crippen LogP contribution in [0.25, 0.3) is 6.08 Å². The van der Waals surface area contributed by atoms with Gasteiger partial charge in [-0.2, -0.15) is 0 Å². The SMILES string of the molecule is NC(=O)N(O)CC1=Cc2cc(CC3C=NC=CC3)ccc2OC1. The molecule has 0 aromatic heterocycles. The van der Waals surface area contributed by atoms with Gasteiger partial charge in [0.2, 0.25) is 0 Å². The number of aliphatic imine (C=N–C) groups is 1. The van der Waals surface area contributed by atoms with Crippen LogP contribution >= 0.6 is 0 Å². The number of fused-ring (bicyclic) bond motifs is 1. The molecule has 0 aliphatic carbocycles. The van der Waals surface area contributed by atoms with Crippen molar-refractivity contribution < 1.29 is 14.7 Å². The van der Waals surface area contributed by atoms with Gasteiger partial charge in [-0.1, -0.05) is 12.1 Å². The largest absolute Gasteiger partial charge is 0.489 e. The topological polar surface area (TPSA) is 88.2 Å². The van der Waals surface area contributed by atoms with E-state index in [4.69, 9.17) is 10.5 Å². The van der Waals surface area contributed by atoms with Gasteiger partial charge in [0.15, 0.2) is 0 Å². The summed E-state index contributed by atoms with van der Waals surface area (Å²) in [6.45, 7) is 0.371. The molecule has 2 heterocycles. The zero-order valence-corrected chi connectivity index (χ0v) is 12.7. The lowest BCUT2D eigenvalue weighted by Crippen LogP contribution is -2.35. The van der Waals surface area contributed by atoms with Crippen LogP contribution in [0.4, 0.5) is 4.79 Å². The highest BCUT2D eigenvalue weighted by molar-refractivity contribution is 5.72. The Hall–Kier alpha value is -2.60. The van der Waals surface area contributed by atoms with Gasteiger partial charge in [0.05, 0.1) is 6.54 Å². The Balaban J connectivity index is 1.74. The van der Waals surface area contributed by atoms with E-state index in [0.29, 0.717) is 17.6 Å². The van der Waals surface area contributed by atoms with Gasteiger partial charge in [-0.05, 0) is 42.2 Å². The molecule has 120 valence electrons. The van der Waals surface area contributed by atoms with Crippen LogP contribution in [0.2, 0.25) is 0 Å². The number of primary amides is 1. The first kappa shape index (κ1) is 15.3. The van der Waals surface area contributed by atoms with Crippen molar-refractivity contribution in [1.82, 2.24) is 5.06 Å². The molecule has 0 saturated heterocycles. The molecular weight excluding hydrogens is 294 g/mol. The summed E-state index contributed by atoms with van der Waals surface area (Å²) in [5, 5.41) is 9.92. The molecular formula is C17H19N3O3. The predicted octanol–water partition coefficient (Wildman–Crippen LogP) is 2.38. The number of carbonyl (C=O) groups is 1. The monoisotopic (exact) mass is 313 g/mol. The molecule has 1 unspecified atom stereocenters. The van der Waals surface area contributed by atoms with Crippen molar-refractivity contribution >= 4 is 18.3 Å². The van der Waals surface area contributed by atoms with E-state index in [-0.39, 0.29) is 6.54 Å². The lowest BCUT2D eigenvalue weighted by atomic mass is 9.94. The maximum Gasteiger partial charge on any atom is 0.338 e. The molecule has 1 aromatic carbocycles. The number of allylic oxidation sites excluding steroid dienone is 1. The number of hydroxylamine groups is 2. The van der Waals surface area contributed by atoms with Crippen LogP contribution in [-0.2, 0) is 6.42 Å². The van der Waals surface area contributed by atoms with Crippen LogP contribution in [0.15, 0.2) is 41.0 Å². The van der Waals surface area contributed by atoms with Crippen molar-refractivity contribution in [3.8, 4) is 5.75 Å². The maximum absolute atomic E-state index is 10.9. The van der Waals surface area contributed by atoms with E-state index in [1.165, 1.54) is 5.56 Å². The molecule has 23 heavy (non-hydrogen) atoms. The Morgan fingerprint density at radius 2 is 2.35 bits per heavy atom. The summed E-state index contributed by atoms with van der Waals surface area (Å²) in [7, 11) is 0. The zero-order chi connectivity index (χ0) is 16.2. The molecule has 2 aliphatic rings. The highest BCUT2D eigenvalue weighted by Gasteiger charge is 2.16. The molecule has 0 fully saturated rings. The van der Waals surface area contributed by atoms with Crippen molar-refractivity contribution in [3.05, 3.63) is 47.2 Å². The molecule has 6 nitrogen and oxygen atoms in total. The Morgan fingerprint density at radius 1 is 1.48 bits per heavy atom. The second-order valence-electron chi connectivity index (χ2n) is 5.74. The number of hydrogen-bond acceptors (Lipinski definition) is 4. The molecule has 3 rings (SSSR count). The number of carbonyl (C=O) groups excluding carboxylic acids is 1. The van der Waals surface area contributed by atoms with Crippen molar-refractivity contribution in [2.75, 3.05) is 13.2 Å². The normalized spacial score (nSPS) is 18.8. The third-order valence-electron chi connectivity index (χ3n) is 3.88. The van der Waals surface area contributed by atoms with Gasteiger partial charge in [-0.25, -0.2) is 9.86 Å². The fraction of sp³-hybridized carbons (Fsp3) is 0.294. The quantitative estimate of drug-likeness (QED) is 0.661. The molecule has 3 N–H and O–H groups in total. The van der Waals surface area contributed by atoms with Gasteiger partial charge in [-0.3, -0.25) is 10.2 Å². The standard InChI is InChI=1S/C17H19N3O3/c18-17(21)20(22)10-14-8-15-7-12(3-4-16(15)23-11-14)6-13-2-1-5-19-9-13/h1,3-5,7-9,13,22H,2,6,10-11H2,(H2,18,21). The molecule has 0 bridgehead atoms. The Morgan fingerprint density at radius 3 is 3.09 bits per heavy atom. The van der Waals surface area contributed by atoms with Crippen molar-refractivity contribution in [1.29, 1.82) is 0 Å². The number of benzene rings is 1. The van der Waals surface area contributed by atoms with Crippen LogP contribution in [0.3, 0.4) is 0 Å². The fourth-order valence-corrected chi connectivity index (χ4v) is 2.73. The number of hydrogen-bond donors (Lipinski definition) is 2. The van der Waals surface area contributed by atoms with E-state index in [1.807, 2.05) is 24.6 Å². The first-order valence-electron chi connectivity index (χ1n) is 7.51. The van der Waals surface area contributed by atoms with Gasteiger partial charge >= 0.3 is 6.03 Å². The number of nitrogens with zero attached hydrogens (tertiary/aromatic N) is 2. The molecule has 6 heteroatoms. The minimum Gasteiger partial charge on any atom is -0.489 e. The van der Waals surface area contributed by atoms with Crippen LogP contribution in [0.1, 0.15) is 17.5 Å². The first-order valence-corrected chi connectivity index (χ1v) is 7.51. The maximum atomic E-state index is 10.9. The van der Waals surface area contributed by atoms with Crippen LogP contribution in [0.5, 0.6) is 5.75 Å². The number of urea groups is 1. The number of rotatable bonds is 4. The summed E-state index contributed by atoms with van der Waals surface area (Å²) >= 11 is 0. The summed E-state index contributed by atoms with van der Waals surface area (Å²) in [6, 6.07) is 5.21. The van der Waals surface area contributed by atoms with E-state index in [1.54, 1.807) is 0 Å². The van der Waals surface area contributed by atoms with E-state index >= 15 is 0 Å². The predicted molar refractivity (Wildman–Crippen MR) is 87.4 cm³/mol. The van der Waals surface area contributed by atoms with Crippen LogP contribution in [0, 0.1) is 5.92 Å². The summed E-state index contributed by atoms with van der Waals surface area (Å²) in [4.78, 5) is 15.1. The third kappa shape index (κ3) is 3.78. The van der Waals surface area contributed by atoms with E-state index in [9.17, 15) is 10.0 Å². The number of amides is 2. The van der Waals surface area contributed by atoms with Gasteiger partial charge in [0.25, 0.3) is 0 Å². The lowest BCUT2D eigenvalue weighted by Gasteiger charge is -2.21. The Labute approximate surface area is 134 Å². The minimum atomic E-state index is -0.880. The Kier molecular flexibility index (Phi) is 4.43. The van der Waals surface area contributed by atoms with E-state index in [0.717, 1.165) is 29.7 Å². The molecule has 0 saturated carbocycles. The van der Waals surface area contributed by atoms with Gasteiger partial charge < -0.3 is 10.5 Å². The van der Waals surface area contributed by atoms with E-state index in [2.05, 4.69) is 23.2 Å². The molecule has 2 amide bonds. The summed E-state index contributed by atoms with van der Waals surface area (Å²) in [5.74, 6) is 1.21. The highest BCUT2D eigenvalue weighted by Crippen LogP contribution is 2.28. The summed E-state index contributed by atoms with van der Waals surface area (Å²) in [6.07, 6.45) is 9.72. The van der Waals surface area contributed by atoms with Crippen molar-refractivity contribution in [3.63, 3.8) is 0 Å². The van der Waals surface area contributed by atoms with Crippen molar-refractivity contribution in [2.45, 2.75) is 12.8 Å². The molecule has 1 aromatic rings. The van der Waals surface area contributed by atoms with Gasteiger partial charge in [-0.15, -0.1) is 0 Å². The first-order chi connectivity index (χ1) is 11.1. The molecule has 2 aliphatic heterocycles. The van der Waals surface area contributed by atoms with Crippen molar-refractivity contribution in [2.24, 2.45) is 16.6 Å². The minimum absolute atomic E-state index is 0.0408. The molecule has 0 spiro atoms. The van der Waals surface area contributed by atoms with E-state index < -0.39 is 6.03 Å². The number of ether oxygens (including phenoxy) is 1. The molecule has 1 atom stereocenters. The Bertz CT molecular complexity index is 694. The average Bonchev–Trinajstić information content (AvgIpc) is 2.55. The average molecular weight is 313 g/mol. The van der Waals surface area contributed by atoms with Crippen LogP contribution in [-0.4, -0.2) is 35.7 Å². The summed E-state index contributed by atoms with van der Waals surface area (Å²) in [5.41, 5.74) is 7.97. The van der Waals surface area contributed by atoms with Gasteiger partial charge in [0.1, 0.15) is 12.4 Å². The van der Waals surface area contributed by atoms with Crippen LogP contribution < -0.4 is 10.5 Å². The second kappa shape index (κ2) is 6.66.